The monoisotopic (exact) mass is 276 g/mol. The van der Waals surface area contributed by atoms with Gasteiger partial charge in [-0.15, -0.1) is 6.58 Å². The molecule has 1 N–H and O–H groups in total. The summed E-state index contributed by atoms with van der Waals surface area (Å²) in [4.78, 5) is 13.2. The van der Waals surface area contributed by atoms with E-state index in [9.17, 15) is 13.2 Å². The van der Waals surface area contributed by atoms with Crippen molar-refractivity contribution in [2.24, 2.45) is 0 Å². The van der Waals surface area contributed by atoms with Crippen LogP contribution in [0.1, 0.15) is 6.42 Å². The Morgan fingerprint density at radius 3 is 2.89 bits per heavy atom. The first kappa shape index (κ1) is 15.0. The number of carbonyl (C=O) groups is 1. The highest BCUT2D eigenvalue weighted by atomic mass is 32.2. The fourth-order valence-corrected chi connectivity index (χ4v) is 2.76. The molecule has 0 aromatic carbocycles. The normalized spacial score (nSPS) is 19.8. The van der Waals surface area contributed by atoms with Gasteiger partial charge in [0.1, 0.15) is 0 Å². The van der Waals surface area contributed by atoms with Crippen LogP contribution in [0.25, 0.3) is 0 Å². The maximum absolute atomic E-state index is 11.7. The second-order valence-corrected chi connectivity index (χ2v) is 6.61. The summed E-state index contributed by atoms with van der Waals surface area (Å²) in [6.45, 7) is 5.55. The Morgan fingerprint density at radius 2 is 2.33 bits per heavy atom. The molecule has 6 nitrogen and oxygen atoms in total. The summed E-state index contributed by atoms with van der Waals surface area (Å²) in [5, 5.41) is 2.26. The van der Waals surface area contributed by atoms with Crippen molar-refractivity contribution in [3.05, 3.63) is 12.7 Å². The summed E-state index contributed by atoms with van der Waals surface area (Å²) in [6.07, 6.45) is 3.36. The third-order valence-electron chi connectivity index (χ3n) is 2.80. The Balaban J connectivity index is 2.26. The largest absolute Gasteiger partial charge is 0.376 e. The van der Waals surface area contributed by atoms with E-state index in [4.69, 9.17) is 4.74 Å². The summed E-state index contributed by atoms with van der Waals surface area (Å²) in [7, 11) is -3.06. The van der Waals surface area contributed by atoms with Crippen molar-refractivity contribution in [1.82, 2.24) is 10.2 Å². The van der Waals surface area contributed by atoms with E-state index in [1.807, 2.05) is 0 Å². The molecule has 18 heavy (non-hydrogen) atoms. The van der Waals surface area contributed by atoms with Crippen molar-refractivity contribution in [3.8, 4) is 0 Å². The highest BCUT2D eigenvalue weighted by molar-refractivity contribution is 7.91. The van der Waals surface area contributed by atoms with Gasteiger partial charge in [-0.2, -0.15) is 0 Å². The average Bonchev–Trinajstić information content (AvgIpc) is 2.77. The van der Waals surface area contributed by atoms with Gasteiger partial charge in [-0.1, -0.05) is 6.08 Å². The van der Waals surface area contributed by atoms with Crippen molar-refractivity contribution in [2.75, 3.05) is 39.1 Å². The van der Waals surface area contributed by atoms with Crippen LogP contribution in [0.3, 0.4) is 0 Å². The summed E-state index contributed by atoms with van der Waals surface area (Å²) in [6, 6.07) is -0.233. The van der Waals surface area contributed by atoms with Crippen molar-refractivity contribution in [1.29, 1.82) is 0 Å². The van der Waals surface area contributed by atoms with Gasteiger partial charge in [0.2, 0.25) is 0 Å². The van der Waals surface area contributed by atoms with Crippen LogP contribution in [0.4, 0.5) is 4.79 Å². The number of nitrogens with one attached hydrogen (secondary N) is 1. The smallest absolute Gasteiger partial charge is 0.317 e. The van der Waals surface area contributed by atoms with E-state index in [1.54, 1.807) is 6.08 Å². The number of sulfone groups is 1. The molecule has 104 valence electrons. The summed E-state index contributed by atoms with van der Waals surface area (Å²) < 4.78 is 27.8. The quantitative estimate of drug-likeness (QED) is 0.548. The molecular formula is C11H20N2O4S. The minimum Gasteiger partial charge on any atom is -0.376 e. The predicted molar refractivity (Wildman–Crippen MR) is 69.2 cm³/mol. The molecule has 1 heterocycles. The van der Waals surface area contributed by atoms with Crippen LogP contribution in [0.15, 0.2) is 12.7 Å². The number of carbonyl (C=O) groups excluding carboxylic acids is 1. The number of amides is 2. The first-order chi connectivity index (χ1) is 8.45. The lowest BCUT2D eigenvalue weighted by Crippen LogP contribution is -2.40. The van der Waals surface area contributed by atoms with E-state index in [1.165, 1.54) is 11.2 Å². The summed E-state index contributed by atoms with van der Waals surface area (Å²) in [5.41, 5.74) is 0. The first-order valence-electron chi connectivity index (χ1n) is 5.85. The lowest BCUT2D eigenvalue weighted by molar-refractivity contribution is 0.159. The van der Waals surface area contributed by atoms with Gasteiger partial charge in [-0.3, -0.25) is 0 Å². The number of hydrogen-bond donors (Lipinski definition) is 1. The summed E-state index contributed by atoms with van der Waals surface area (Å²) in [5.74, 6) is 0. The number of rotatable bonds is 6. The Morgan fingerprint density at radius 1 is 1.61 bits per heavy atom. The van der Waals surface area contributed by atoms with Crippen molar-refractivity contribution in [2.45, 2.75) is 11.7 Å². The van der Waals surface area contributed by atoms with Gasteiger partial charge >= 0.3 is 6.03 Å². The van der Waals surface area contributed by atoms with E-state index < -0.39 is 15.1 Å². The molecule has 0 spiro atoms. The fraction of sp³-hybridized carbons (Fsp3) is 0.727. The Kier molecular flexibility index (Phi) is 5.61. The molecule has 0 saturated carbocycles. The van der Waals surface area contributed by atoms with Crippen molar-refractivity contribution >= 4 is 15.9 Å². The SMILES string of the molecule is C=CCOCCNC(=O)N1CCC(S(C)(=O)=O)C1. The van der Waals surface area contributed by atoms with Crippen LogP contribution < -0.4 is 5.32 Å². The number of nitrogens with zero attached hydrogens (tertiary/aromatic N) is 1. The zero-order valence-electron chi connectivity index (χ0n) is 10.6. The maximum atomic E-state index is 11.7. The van der Waals surface area contributed by atoms with Gasteiger partial charge in [0.05, 0.1) is 18.5 Å². The van der Waals surface area contributed by atoms with Crippen LogP contribution in [0.5, 0.6) is 0 Å². The van der Waals surface area contributed by atoms with Crippen molar-refractivity contribution in [3.63, 3.8) is 0 Å². The van der Waals surface area contributed by atoms with Crippen molar-refractivity contribution < 1.29 is 17.9 Å². The minimum atomic E-state index is -3.06. The molecule has 1 unspecified atom stereocenters. The zero-order valence-corrected chi connectivity index (χ0v) is 11.4. The number of urea groups is 1. The van der Waals surface area contributed by atoms with E-state index in [-0.39, 0.29) is 12.6 Å². The van der Waals surface area contributed by atoms with Crippen LogP contribution in [0, 0.1) is 0 Å². The molecule has 7 heteroatoms. The Hall–Kier alpha value is -1.08. The summed E-state index contributed by atoms with van der Waals surface area (Å²) >= 11 is 0. The highest BCUT2D eigenvalue weighted by Gasteiger charge is 2.32. The van der Waals surface area contributed by atoms with Gasteiger partial charge in [-0.25, -0.2) is 13.2 Å². The molecule has 1 atom stereocenters. The molecule has 1 saturated heterocycles. The van der Waals surface area contributed by atoms with Gasteiger partial charge in [0.15, 0.2) is 9.84 Å². The van der Waals surface area contributed by atoms with E-state index >= 15 is 0 Å². The fourth-order valence-electron chi connectivity index (χ4n) is 1.77. The standard InChI is InChI=1S/C11H20N2O4S/c1-3-7-17-8-5-12-11(14)13-6-4-10(9-13)18(2,15)16/h3,10H,1,4-9H2,2H3,(H,12,14). The van der Waals surface area contributed by atoms with Gasteiger partial charge < -0.3 is 15.0 Å². The van der Waals surface area contributed by atoms with E-state index in [0.29, 0.717) is 32.7 Å². The molecular weight excluding hydrogens is 256 g/mol. The third-order valence-corrected chi connectivity index (χ3v) is 4.39. The van der Waals surface area contributed by atoms with Crippen LogP contribution in [0.2, 0.25) is 0 Å². The van der Waals surface area contributed by atoms with Crippen LogP contribution in [-0.4, -0.2) is 63.7 Å². The minimum absolute atomic E-state index is 0.233. The second kappa shape index (κ2) is 6.75. The van der Waals surface area contributed by atoms with E-state index in [0.717, 1.165) is 0 Å². The topological polar surface area (TPSA) is 75.7 Å². The van der Waals surface area contributed by atoms with Crippen LogP contribution in [-0.2, 0) is 14.6 Å². The molecule has 1 aliphatic rings. The second-order valence-electron chi connectivity index (χ2n) is 4.28. The number of hydrogen-bond acceptors (Lipinski definition) is 4. The van der Waals surface area contributed by atoms with Gasteiger partial charge in [0.25, 0.3) is 0 Å². The molecule has 0 aliphatic carbocycles. The Labute approximate surface area is 108 Å². The molecule has 0 bridgehead atoms. The van der Waals surface area contributed by atoms with E-state index in [2.05, 4.69) is 11.9 Å². The zero-order chi connectivity index (χ0) is 13.6. The lowest BCUT2D eigenvalue weighted by Gasteiger charge is -2.16. The predicted octanol–water partition coefficient (Wildman–Crippen LogP) is 0.0175. The molecule has 1 aliphatic heterocycles. The molecule has 1 rings (SSSR count). The lowest BCUT2D eigenvalue weighted by atomic mass is 10.4. The van der Waals surface area contributed by atoms with Crippen LogP contribution >= 0.6 is 0 Å². The average molecular weight is 276 g/mol. The molecule has 0 aromatic heterocycles. The molecule has 2 amide bonds. The van der Waals surface area contributed by atoms with Gasteiger partial charge in [-0.05, 0) is 6.42 Å². The Bertz CT molecular complexity index is 394. The first-order valence-corrected chi connectivity index (χ1v) is 7.81. The van der Waals surface area contributed by atoms with Gasteiger partial charge in [0, 0.05) is 25.9 Å². The molecule has 0 radical (unpaired) electrons. The maximum Gasteiger partial charge on any atom is 0.317 e. The highest BCUT2D eigenvalue weighted by Crippen LogP contribution is 2.15. The number of ether oxygens (including phenoxy) is 1. The third kappa shape index (κ3) is 4.66. The molecule has 0 aromatic rings. The number of likely N-dealkylation sites (tertiary alicyclic amines) is 1. The molecule has 1 fully saturated rings.